The third-order valence-electron chi connectivity index (χ3n) is 5.19. The Labute approximate surface area is 194 Å². The number of nitrogens with zero attached hydrogens (tertiary/aromatic N) is 4. The minimum absolute atomic E-state index is 0.00718. The molecule has 0 fully saturated rings. The molecular formula is C24H21N5OS2. The van der Waals surface area contributed by atoms with E-state index in [-0.39, 0.29) is 17.7 Å². The van der Waals surface area contributed by atoms with Crippen molar-refractivity contribution in [3.8, 4) is 17.1 Å². The summed E-state index contributed by atoms with van der Waals surface area (Å²) in [5, 5.41) is 12.7. The molecule has 1 unspecified atom stereocenters. The van der Waals surface area contributed by atoms with E-state index in [1.54, 1.807) is 12.4 Å². The molecule has 8 heteroatoms. The molecule has 0 saturated carbocycles. The van der Waals surface area contributed by atoms with Gasteiger partial charge in [-0.05, 0) is 42.3 Å². The lowest BCUT2D eigenvalue weighted by atomic mass is 10.0. The lowest BCUT2D eigenvalue weighted by molar-refractivity contribution is -0.119. The van der Waals surface area contributed by atoms with Crippen LogP contribution < -0.4 is 5.32 Å². The van der Waals surface area contributed by atoms with E-state index in [2.05, 4.69) is 32.6 Å². The van der Waals surface area contributed by atoms with Gasteiger partial charge in [0.1, 0.15) is 0 Å². The molecule has 1 aliphatic heterocycles. The number of thioether (sulfide) groups is 2. The minimum Gasteiger partial charge on any atom is -0.348 e. The molecule has 0 bridgehead atoms. The molecule has 3 heterocycles. The number of nitrogens with one attached hydrogen (secondary N) is 1. The number of amides is 1. The first-order chi connectivity index (χ1) is 15.8. The van der Waals surface area contributed by atoms with E-state index < -0.39 is 0 Å². The summed E-state index contributed by atoms with van der Waals surface area (Å²) in [6.45, 7) is 0. The summed E-state index contributed by atoms with van der Waals surface area (Å²) >= 11 is 3.23. The molecule has 5 rings (SSSR count). The van der Waals surface area contributed by atoms with Crippen molar-refractivity contribution >= 4 is 29.4 Å². The number of hydrogen-bond acceptors (Lipinski definition) is 6. The molecule has 6 nitrogen and oxygen atoms in total. The van der Waals surface area contributed by atoms with Gasteiger partial charge in [0, 0.05) is 34.3 Å². The van der Waals surface area contributed by atoms with Crippen molar-refractivity contribution in [3.63, 3.8) is 0 Å². The lowest BCUT2D eigenvalue weighted by Crippen LogP contribution is -2.31. The third-order valence-corrected chi connectivity index (χ3v) is 7.25. The molecule has 1 aliphatic rings. The van der Waals surface area contributed by atoms with Crippen molar-refractivity contribution in [1.29, 1.82) is 0 Å². The third kappa shape index (κ3) is 4.42. The number of aromatic nitrogens is 4. The van der Waals surface area contributed by atoms with E-state index in [0.29, 0.717) is 11.0 Å². The van der Waals surface area contributed by atoms with Crippen LogP contribution in [-0.4, -0.2) is 37.2 Å². The summed E-state index contributed by atoms with van der Waals surface area (Å²) in [6, 6.07) is 22.1. The number of pyridine rings is 1. The highest BCUT2D eigenvalue weighted by molar-refractivity contribution is 7.99. The Morgan fingerprint density at radius 1 is 1.06 bits per heavy atom. The summed E-state index contributed by atoms with van der Waals surface area (Å²) < 4.78 is 1.97. The Bertz CT molecular complexity index is 1210. The SMILES string of the molecule is O=C(CSc1nnc(-c2cccnc2)n1-c1ccccc1)NC1CCSc2ccccc21. The molecule has 1 amide bonds. The molecule has 0 aliphatic carbocycles. The smallest absolute Gasteiger partial charge is 0.230 e. The van der Waals surface area contributed by atoms with Crippen molar-refractivity contribution < 1.29 is 4.79 Å². The fourth-order valence-electron chi connectivity index (χ4n) is 3.71. The molecule has 160 valence electrons. The molecule has 0 radical (unpaired) electrons. The second kappa shape index (κ2) is 9.58. The van der Waals surface area contributed by atoms with Crippen LogP contribution in [0.5, 0.6) is 0 Å². The molecule has 0 saturated heterocycles. The lowest BCUT2D eigenvalue weighted by Gasteiger charge is -2.25. The van der Waals surface area contributed by atoms with Crippen LogP contribution in [0, 0.1) is 0 Å². The molecule has 1 N–H and O–H groups in total. The Balaban J connectivity index is 1.35. The summed E-state index contributed by atoms with van der Waals surface area (Å²) in [6.07, 6.45) is 4.43. The number of fused-ring (bicyclic) bond motifs is 1. The standard InChI is InChI=1S/C24H21N5OS2/c30-22(26-20-12-14-31-21-11-5-4-10-19(20)21)16-32-24-28-27-23(17-7-6-13-25-15-17)29(24)18-8-2-1-3-9-18/h1-11,13,15,20H,12,14,16H2,(H,26,30). The van der Waals surface area contributed by atoms with Crippen molar-refractivity contribution in [2.45, 2.75) is 22.5 Å². The first kappa shape index (κ1) is 20.8. The van der Waals surface area contributed by atoms with Crippen LogP contribution in [0.3, 0.4) is 0 Å². The number of carbonyl (C=O) groups is 1. The Hall–Kier alpha value is -3.10. The van der Waals surface area contributed by atoms with Crippen molar-refractivity contribution in [2.24, 2.45) is 0 Å². The van der Waals surface area contributed by atoms with Crippen LogP contribution >= 0.6 is 23.5 Å². The van der Waals surface area contributed by atoms with Gasteiger partial charge in [-0.15, -0.1) is 22.0 Å². The number of rotatable bonds is 6. The Morgan fingerprint density at radius 3 is 2.75 bits per heavy atom. The zero-order chi connectivity index (χ0) is 21.8. The van der Waals surface area contributed by atoms with Crippen LogP contribution in [0.15, 0.2) is 89.2 Å². The molecule has 4 aromatic rings. The first-order valence-electron chi connectivity index (χ1n) is 10.3. The quantitative estimate of drug-likeness (QED) is 0.419. The van der Waals surface area contributed by atoms with Crippen LogP contribution in [0.1, 0.15) is 18.0 Å². The van der Waals surface area contributed by atoms with Crippen molar-refractivity contribution in [2.75, 3.05) is 11.5 Å². The fraction of sp³-hybridized carbons (Fsp3) is 0.167. The van der Waals surface area contributed by atoms with E-state index in [0.717, 1.165) is 23.4 Å². The van der Waals surface area contributed by atoms with Gasteiger partial charge >= 0.3 is 0 Å². The average molecular weight is 460 g/mol. The molecule has 0 spiro atoms. The van der Waals surface area contributed by atoms with Gasteiger partial charge < -0.3 is 5.32 Å². The molecule has 32 heavy (non-hydrogen) atoms. The molecular weight excluding hydrogens is 438 g/mol. The summed E-state index contributed by atoms with van der Waals surface area (Å²) in [5.74, 6) is 1.97. The highest BCUT2D eigenvalue weighted by atomic mass is 32.2. The van der Waals surface area contributed by atoms with Gasteiger partial charge in [-0.25, -0.2) is 0 Å². The summed E-state index contributed by atoms with van der Waals surface area (Å²) in [5.41, 5.74) is 3.02. The van der Waals surface area contributed by atoms with Crippen LogP contribution in [-0.2, 0) is 4.79 Å². The van der Waals surface area contributed by atoms with Gasteiger partial charge in [0.05, 0.1) is 11.8 Å². The fourth-order valence-corrected chi connectivity index (χ4v) is 5.60. The van der Waals surface area contributed by atoms with Gasteiger partial charge in [-0.1, -0.05) is 48.2 Å². The maximum Gasteiger partial charge on any atom is 0.230 e. The normalized spacial score (nSPS) is 15.2. The van der Waals surface area contributed by atoms with Crippen LogP contribution in [0.4, 0.5) is 0 Å². The summed E-state index contributed by atoms with van der Waals surface area (Å²) in [4.78, 5) is 18.3. The summed E-state index contributed by atoms with van der Waals surface area (Å²) in [7, 11) is 0. The van der Waals surface area contributed by atoms with E-state index in [1.807, 2.05) is 70.9 Å². The highest BCUT2D eigenvalue weighted by Gasteiger charge is 2.23. The average Bonchev–Trinajstić information content (AvgIpc) is 3.28. The topological polar surface area (TPSA) is 72.7 Å². The minimum atomic E-state index is -0.00718. The van der Waals surface area contributed by atoms with Gasteiger partial charge in [0.15, 0.2) is 11.0 Å². The van der Waals surface area contributed by atoms with Crippen molar-refractivity contribution in [3.05, 3.63) is 84.7 Å². The number of benzene rings is 2. The number of hydrogen-bond donors (Lipinski definition) is 1. The second-order valence-corrected chi connectivity index (χ2v) is 9.38. The van der Waals surface area contributed by atoms with Crippen LogP contribution in [0.2, 0.25) is 0 Å². The first-order valence-corrected chi connectivity index (χ1v) is 12.3. The zero-order valence-corrected chi connectivity index (χ0v) is 18.9. The van der Waals surface area contributed by atoms with Gasteiger partial charge in [0.2, 0.25) is 5.91 Å². The maximum atomic E-state index is 12.8. The molecule has 2 aromatic carbocycles. The van der Waals surface area contributed by atoms with Crippen LogP contribution in [0.25, 0.3) is 17.1 Å². The predicted molar refractivity (Wildman–Crippen MR) is 128 cm³/mol. The Morgan fingerprint density at radius 2 is 1.91 bits per heavy atom. The molecule has 1 atom stereocenters. The second-order valence-electron chi connectivity index (χ2n) is 7.30. The number of para-hydroxylation sites is 1. The maximum absolute atomic E-state index is 12.8. The Kier molecular flexibility index (Phi) is 6.22. The van der Waals surface area contributed by atoms with Gasteiger partial charge in [-0.2, -0.15) is 0 Å². The molecule has 2 aromatic heterocycles. The zero-order valence-electron chi connectivity index (χ0n) is 17.2. The van der Waals surface area contributed by atoms with Crippen molar-refractivity contribution in [1.82, 2.24) is 25.1 Å². The predicted octanol–water partition coefficient (Wildman–Crippen LogP) is 4.77. The van der Waals surface area contributed by atoms with E-state index >= 15 is 0 Å². The van der Waals surface area contributed by atoms with E-state index in [1.165, 1.54) is 22.2 Å². The number of carbonyl (C=O) groups excluding carboxylic acids is 1. The monoisotopic (exact) mass is 459 g/mol. The van der Waals surface area contributed by atoms with Gasteiger partial charge in [0.25, 0.3) is 0 Å². The van der Waals surface area contributed by atoms with E-state index in [9.17, 15) is 4.79 Å². The largest absolute Gasteiger partial charge is 0.348 e. The highest BCUT2D eigenvalue weighted by Crippen LogP contribution is 2.36. The van der Waals surface area contributed by atoms with Gasteiger partial charge in [-0.3, -0.25) is 14.3 Å². The van der Waals surface area contributed by atoms with E-state index in [4.69, 9.17) is 0 Å².